The Balaban J connectivity index is 2.00. The van der Waals surface area contributed by atoms with E-state index < -0.39 is 22.1 Å². The van der Waals surface area contributed by atoms with Gasteiger partial charge in [0.05, 0.1) is 10.6 Å². The average molecular weight is 428 g/mol. The highest BCUT2D eigenvalue weighted by molar-refractivity contribution is 7.89. The summed E-state index contributed by atoms with van der Waals surface area (Å²) in [6.45, 7) is 0. The number of nitrogens with one attached hydrogen (secondary N) is 1. The fourth-order valence-corrected chi connectivity index (χ4v) is 3.60. The number of hydrogen-bond donors (Lipinski definition) is 1. The molecule has 0 atom stereocenters. The number of ether oxygens (including phenoxy) is 1. The lowest BCUT2D eigenvalue weighted by Gasteiger charge is -2.23. The van der Waals surface area contributed by atoms with E-state index in [9.17, 15) is 21.6 Å². The van der Waals surface area contributed by atoms with Crippen molar-refractivity contribution in [2.75, 3.05) is 12.1 Å². The lowest BCUT2D eigenvalue weighted by Crippen LogP contribution is -2.39. The third-order valence-corrected chi connectivity index (χ3v) is 5.14. The summed E-state index contributed by atoms with van der Waals surface area (Å²) in [7, 11) is -1.05. The zero-order valence-corrected chi connectivity index (χ0v) is 15.9. The van der Waals surface area contributed by atoms with E-state index in [1.165, 1.54) is 37.0 Å². The lowest BCUT2D eigenvalue weighted by atomic mass is 10.1. The molecule has 0 radical (unpaired) electrons. The van der Waals surface area contributed by atoms with Gasteiger partial charge in [-0.2, -0.15) is 0 Å². The second kappa shape index (κ2) is 7.67. The molecule has 0 amide bonds. The van der Waals surface area contributed by atoms with Gasteiger partial charge in [0.15, 0.2) is 5.82 Å². The molecule has 1 heterocycles. The fraction of sp³-hybridized carbons (Fsp3) is 0.188. The number of tetrazole rings is 1. The van der Waals surface area contributed by atoms with E-state index in [-0.39, 0.29) is 22.0 Å². The molecular formula is C16H15F3N6O3S. The number of anilines is 1. The van der Waals surface area contributed by atoms with Gasteiger partial charge in [-0.1, -0.05) is 18.2 Å². The molecule has 1 aromatic heterocycles. The van der Waals surface area contributed by atoms with Crippen LogP contribution in [0.4, 0.5) is 18.9 Å². The van der Waals surface area contributed by atoms with Gasteiger partial charge in [-0.3, -0.25) is 5.01 Å². The predicted octanol–water partition coefficient (Wildman–Crippen LogP) is 2.11. The number of aromatic nitrogens is 4. The van der Waals surface area contributed by atoms with Crippen LogP contribution in [0.15, 0.2) is 53.4 Å². The van der Waals surface area contributed by atoms with Gasteiger partial charge in [0.2, 0.25) is 0 Å². The van der Waals surface area contributed by atoms with Crippen molar-refractivity contribution in [1.29, 1.82) is 0 Å². The molecule has 1 N–H and O–H groups in total. The molecule has 0 saturated carbocycles. The normalized spacial score (nSPS) is 12.0. The number of sulfonamides is 1. The number of hydrogen-bond acceptors (Lipinski definition) is 7. The van der Waals surface area contributed by atoms with Crippen LogP contribution >= 0.6 is 0 Å². The van der Waals surface area contributed by atoms with Crippen molar-refractivity contribution in [2.24, 2.45) is 7.05 Å². The van der Waals surface area contributed by atoms with E-state index in [0.717, 1.165) is 17.1 Å². The zero-order chi connectivity index (χ0) is 21.2. The second-order valence-corrected chi connectivity index (χ2v) is 7.48. The van der Waals surface area contributed by atoms with E-state index >= 15 is 0 Å². The maximum Gasteiger partial charge on any atom is 0.573 e. The molecule has 0 aliphatic heterocycles. The largest absolute Gasteiger partial charge is 0.573 e. The highest BCUT2D eigenvalue weighted by atomic mass is 32.2. The molecule has 154 valence electrons. The minimum absolute atomic E-state index is 0.0192. The number of benzene rings is 2. The number of nitrogens with zero attached hydrogens (tertiary/aromatic N) is 5. The van der Waals surface area contributed by atoms with Gasteiger partial charge >= 0.3 is 6.36 Å². The molecule has 0 aliphatic rings. The van der Waals surface area contributed by atoms with Crippen LogP contribution < -0.4 is 14.6 Å². The smallest absolute Gasteiger partial charge is 0.406 e. The minimum atomic E-state index is -4.89. The quantitative estimate of drug-likeness (QED) is 0.600. The van der Waals surface area contributed by atoms with Crippen molar-refractivity contribution in [3.05, 3.63) is 48.5 Å². The van der Waals surface area contributed by atoms with Gasteiger partial charge in [0, 0.05) is 19.7 Å². The summed E-state index contributed by atoms with van der Waals surface area (Å²) >= 11 is 0. The SMILES string of the molecule is CN(NS(=O)(=O)c1ccccc1)c1ccc(OC(F)(F)F)cc1-c1nnnn1C. The van der Waals surface area contributed by atoms with Crippen LogP contribution in [0, 0.1) is 0 Å². The Hall–Kier alpha value is -3.19. The van der Waals surface area contributed by atoms with Gasteiger partial charge in [-0.25, -0.2) is 13.1 Å². The molecule has 29 heavy (non-hydrogen) atoms. The first kappa shape index (κ1) is 20.5. The monoisotopic (exact) mass is 428 g/mol. The molecule has 0 unspecified atom stereocenters. The van der Waals surface area contributed by atoms with Crippen LogP contribution in [0.1, 0.15) is 0 Å². The van der Waals surface area contributed by atoms with E-state index in [2.05, 4.69) is 25.1 Å². The standard InChI is InChI=1S/C16H15F3N6O3S/c1-24(23-29(26,27)12-6-4-3-5-7-12)14-9-8-11(28-16(17,18)19)10-13(14)15-20-21-22-25(15)2/h3-10,23H,1-2H3. The first-order valence-electron chi connectivity index (χ1n) is 8.00. The molecule has 3 rings (SSSR count). The van der Waals surface area contributed by atoms with Crippen molar-refractivity contribution >= 4 is 15.7 Å². The van der Waals surface area contributed by atoms with Crippen LogP contribution in [-0.2, 0) is 17.1 Å². The summed E-state index contributed by atoms with van der Waals surface area (Å²) in [5.41, 5.74) is 0.328. The molecule has 13 heteroatoms. The summed E-state index contributed by atoms with van der Waals surface area (Å²) in [6.07, 6.45) is -4.89. The van der Waals surface area contributed by atoms with E-state index in [0.29, 0.717) is 0 Å². The number of hydrazine groups is 1. The molecule has 0 bridgehead atoms. The first-order valence-corrected chi connectivity index (χ1v) is 9.49. The van der Waals surface area contributed by atoms with Crippen molar-refractivity contribution in [3.8, 4) is 17.1 Å². The summed E-state index contributed by atoms with van der Waals surface area (Å²) in [5, 5.41) is 12.0. The zero-order valence-electron chi connectivity index (χ0n) is 15.1. The summed E-state index contributed by atoms with van der Waals surface area (Å²) in [5.74, 6) is -0.392. The van der Waals surface area contributed by atoms with E-state index in [1.54, 1.807) is 18.2 Å². The van der Waals surface area contributed by atoms with Gasteiger partial charge in [0.25, 0.3) is 10.0 Å². The molecule has 0 aliphatic carbocycles. The molecule has 2 aromatic carbocycles. The Morgan fingerprint density at radius 1 is 1.14 bits per heavy atom. The van der Waals surface area contributed by atoms with Crippen LogP contribution in [0.25, 0.3) is 11.4 Å². The van der Waals surface area contributed by atoms with Gasteiger partial charge in [-0.05, 0) is 40.8 Å². The third-order valence-electron chi connectivity index (χ3n) is 3.73. The summed E-state index contributed by atoms with van der Waals surface area (Å²) in [6, 6.07) is 11.0. The Bertz CT molecular complexity index is 1100. The Kier molecular flexibility index (Phi) is 5.44. The number of rotatable bonds is 6. The van der Waals surface area contributed by atoms with Gasteiger partial charge in [0.1, 0.15) is 5.75 Å². The van der Waals surface area contributed by atoms with Crippen LogP contribution in [0.2, 0.25) is 0 Å². The topological polar surface area (TPSA) is 102 Å². The second-order valence-electron chi connectivity index (χ2n) is 5.82. The Morgan fingerprint density at radius 2 is 1.83 bits per heavy atom. The van der Waals surface area contributed by atoms with Gasteiger partial charge in [-0.15, -0.1) is 23.1 Å². The molecule has 0 saturated heterocycles. The Morgan fingerprint density at radius 3 is 2.41 bits per heavy atom. The molecule has 0 spiro atoms. The number of alkyl halides is 3. The van der Waals surface area contributed by atoms with Crippen molar-refractivity contribution in [2.45, 2.75) is 11.3 Å². The maximum atomic E-state index is 12.6. The maximum absolute atomic E-state index is 12.6. The predicted molar refractivity (Wildman–Crippen MR) is 96.1 cm³/mol. The van der Waals surface area contributed by atoms with E-state index in [1.807, 2.05) is 0 Å². The summed E-state index contributed by atoms with van der Waals surface area (Å²) in [4.78, 5) is 2.36. The molecule has 0 fully saturated rings. The number of aryl methyl sites for hydroxylation is 1. The highest BCUT2D eigenvalue weighted by Crippen LogP contribution is 2.34. The third kappa shape index (κ3) is 4.81. The lowest BCUT2D eigenvalue weighted by molar-refractivity contribution is -0.274. The van der Waals surface area contributed by atoms with Crippen LogP contribution in [-0.4, -0.2) is 42.0 Å². The first-order chi connectivity index (χ1) is 13.6. The van der Waals surface area contributed by atoms with Crippen LogP contribution in [0.5, 0.6) is 5.75 Å². The molecular weight excluding hydrogens is 413 g/mol. The summed E-state index contributed by atoms with van der Waals surface area (Å²) < 4.78 is 68.1. The van der Waals surface area contributed by atoms with Crippen molar-refractivity contribution in [1.82, 2.24) is 25.0 Å². The molecule has 9 nitrogen and oxygen atoms in total. The van der Waals surface area contributed by atoms with Gasteiger partial charge < -0.3 is 4.74 Å². The fourth-order valence-electron chi connectivity index (χ4n) is 2.52. The number of halogens is 3. The average Bonchev–Trinajstić information content (AvgIpc) is 3.06. The minimum Gasteiger partial charge on any atom is -0.406 e. The van der Waals surface area contributed by atoms with Crippen molar-refractivity contribution < 1.29 is 26.3 Å². The molecule has 3 aromatic rings. The van der Waals surface area contributed by atoms with Crippen LogP contribution in [0.3, 0.4) is 0 Å². The van der Waals surface area contributed by atoms with E-state index in [4.69, 9.17) is 0 Å². The van der Waals surface area contributed by atoms with Crippen molar-refractivity contribution in [3.63, 3.8) is 0 Å². The highest BCUT2D eigenvalue weighted by Gasteiger charge is 2.32. The Labute approximate surface area is 163 Å².